The SMILES string of the molecule is CCC1CCCNC1CNC(=O)CCC(C)OC. The molecule has 3 unspecified atom stereocenters. The molecule has 0 aromatic rings. The average Bonchev–Trinajstić information content (AvgIpc) is 2.42. The van der Waals surface area contributed by atoms with Crippen molar-refractivity contribution >= 4 is 5.91 Å². The van der Waals surface area contributed by atoms with Gasteiger partial charge in [-0.25, -0.2) is 0 Å². The maximum atomic E-state index is 11.7. The van der Waals surface area contributed by atoms with Gasteiger partial charge in [-0.05, 0) is 38.6 Å². The number of hydrogen-bond donors (Lipinski definition) is 2. The van der Waals surface area contributed by atoms with Crippen molar-refractivity contribution in [3.8, 4) is 0 Å². The Morgan fingerprint density at radius 1 is 1.56 bits per heavy atom. The first kappa shape index (κ1) is 15.4. The van der Waals surface area contributed by atoms with E-state index in [0.717, 1.165) is 19.5 Å². The minimum Gasteiger partial charge on any atom is -0.382 e. The minimum absolute atomic E-state index is 0.140. The summed E-state index contributed by atoms with van der Waals surface area (Å²) >= 11 is 0. The molecule has 4 heteroatoms. The number of amides is 1. The molecular formula is C14H28N2O2. The van der Waals surface area contributed by atoms with Crippen LogP contribution in [-0.2, 0) is 9.53 Å². The molecule has 18 heavy (non-hydrogen) atoms. The van der Waals surface area contributed by atoms with E-state index in [9.17, 15) is 4.79 Å². The van der Waals surface area contributed by atoms with Gasteiger partial charge in [-0.2, -0.15) is 0 Å². The second-order valence-electron chi connectivity index (χ2n) is 5.26. The summed E-state index contributed by atoms with van der Waals surface area (Å²) in [5, 5.41) is 6.55. The smallest absolute Gasteiger partial charge is 0.220 e. The summed E-state index contributed by atoms with van der Waals surface area (Å²) in [6.45, 7) is 6.06. The van der Waals surface area contributed by atoms with Gasteiger partial charge in [-0.1, -0.05) is 13.3 Å². The zero-order valence-electron chi connectivity index (χ0n) is 12.0. The van der Waals surface area contributed by atoms with Gasteiger partial charge in [0.2, 0.25) is 5.91 Å². The minimum atomic E-state index is 0.140. The Balaban J connectivity index is 2.20. The van der Waals surface area contributed by atoms with E-state index in [2.05, 4.69) is 17.6 Å². The normalized spacial score (nSPS) is 25.7. The molecule has 1 fully saturated rings. The monoisotopic (exact) mass is 256 g/mol. The van der Waals surface area contributed by atoms with Gasteiger partial charge < -0.3 is 15.4 Å². The first-order chi connectivity index (χ1) is 8.67. The van der Waals surface area contributed by atoms with Crippen LogP contribution in [0.25, 0.3) is 0 Å². The Morgan fingerprint density at radius 2 is 2.33 bits per heavy atom. The topological polar surface area (TPSA) is 50.4 Å². The Morgan fingerprint density at radius 3 is 3.00 bits per heavy atom. The number of methoxy groups -OCH3 is 1. The zero-order valence-corrected chi connectivity index (χ0v) is 12.0. The second kappa shape index (κ2) is 8.48. The van der Waals surface area contributed by atoms with Crippen molar-refractivity contribution in [3.63, 3.8) is 0 Å². The quantitative estimate of drug-likeness (QED) is 0.729. The van der Waals surface area contributed by atoms with Crippen LogP contribution in [0.3, 0.4) is 0 Å². The molecule has 0 aromatic carbocycles. The summed E-state index contributed by atoms with van der Waals surface area (Å²) in [5.74, 6) is 0.845. The lowest BCUT2D eigenvalue weighted by molar-refractivity contribution is -0.121. The van der Waals surface area contributed by atoms with Gasteiger partial charge >= 0.3 is 0 Å². The average molecular weight is 256 g/mol. The molecule has 0 aromatic heterocycles. The molecule has 2 N–H and O–H groups in total. The third kappa shape index (κ3) is 5.36. The van der Waals surface area contributed by atoms with Crippen LogP contribution in [0.15, 0.2) is 0 Å². The van der Waals surface area contributed by atoms with E-state index in [1.165, 1.54) is 19.3 Å². The Bertz CT molecular complexity index is 246. The summed E-state index contributed by atoms with van der Waals surface area (Å²) in [6, 6.07) is 0.451. The van der Waals surface area contributed by atoms with E-state index < -0.39 is 0 Å². The molecule has 1 aliphatic heterocycles. The van der Waals surface area contributed by atoms with Gasteiger partial charge in [-0.3, -0.25) is 4.79 Å². The van der Waals surface area contributed by atoms with E-state index in [4.69, 9.17) is 4.74 Å². The van der Waals surface area contributed by atoms with E-state index in [1.807, 2.05) is 6.92 Å². The van der Waals surface area contributed by atoms with Crippen molar-refractivity contribution in [1.29, 1.82) is 0 Å². The summed E-state index contributed by atoms with van der Waals surface area (Å²) in [4.78, 5) is 11.7. The fraction of sp³-hybridized carbons (Fsp3) is 0.929. The Kier molecular flexibility index (Phi) is 7.28. The summed E-state index contributed by atoms with van der Waals surface area (Å²) in [5.41, 5.74) is 0. The molecule has 0 aliphatic carbocycles. The van der Waals surface area contributed by atoms with Crippen molar-refractivity contribution in [2.24, 2.45) is 5.92 Å². The van der Waals surface area contributed by atoms with Crippen LogP contribution in [0, 0.1) is 5.92 Å². The third-order valence-corrected chi connectivity index (χ3v) is 3.95. The van der Waals surface area contributed by atoms with Crippen molar-refractivity contribution in [2.45, 2.75) is 58.1 Å². The largest absolute Gasteiger partial charge is 0.382 e. The van der Waals surface area contributed by atoms with E-state index in [1.54, 1.807) is 7.11 Å². The molecule has 1 rings (SSSR count). The van der Waals surface area contributed by atoms with Crippen molar-refractivity contribution in [1.82, 2.24) is 10.6 Å². The maximum absolute atomic E-state index is 11.7. The maximum Gasteiger partial charge on any atom is 0.220 e. The predicted molar refractivity (Wildman–Crippen MR) is 73.5 cm³/mol. The van der Waals surface area contributed by atoms with Crippen LogP contribution in [0.4, 0.5) is 0 Å². The first-order valence-electron chi connectivity index (χ1n) is 7.20. The highest BCUT2D eigenvalue weighted by molar-refractivity contribution is 5.75. The number of ether oxygens (including phenoxy) is 1. The summed E-state index contributed by atoms with van der Waals surface area (Å²) in [7, 11) is 1.68. The number of rotatable bonds is 7. The second-order valence-corrected chi connectivity index (χ2v) is 5.26. The molecule has 1 saturated heterocycles. The van der Waals surface area contributed by atoms with E-state index in [-0.39, 0.29) is 12.0 Å². The molecule has 0 spiro atoms. The number of carbonyl (C=O) groups is 1. The molecular weight excluding hydrogens is 228 g/mol. The Labute approximate surface area is 111 Å². The lowest BCUT2D eigenvalue weighted by Gasteiger charge is -2.32. The molecule has 1 amide bonds. The lowest BCUT2D eigenvalue weighted by atomic mass is 9.88. The van der Waals surface area contributed by atoms with Gasteiger partial charge in [0, 0.05) is 26.1 Å². The van der Waals surface area contributed by atoms with Crippen molar-refractivity contribution in [3.05, 3.63) is 0 Å². The van der Waals surface area contributed by atoms with Crippen LogP contribution >= 0.6 is 0 Å². The Hall–Kier alpha value is -0.610. The van der Waals surface area contributed by atoms with Crippen LogP contribution in [0.1, 0.15) is 46.0 Å². The number of nitrogens with one attached hydrogen (secondary N) is 2. The fourth-order valence-electron chi connectivity index (χ4n) is 2.51. The molecule has 106 valence electrons. The highest BCUT2D eigenvalue weighted by atomic mass is 16.5. The molecule has 0 bridgehead atoms. The first-order valence-corrected chi connectivity index (χ1v) is 7.20. The number of carbonyl (C=O) groups excluding carboxylic acids is 1. The highest BCUT2D eigenvalue weighted by Gasteiger charge is 2.23. The van der Waals surface area contributed by atoms with Gasteiger partial charge in [0.15, 0.2) is 0 Å². The van der Waals surface area contributed by atoms with Gasteiger partial charge in [-0.15, -0.1) is 0 Å². The van der Waals surface area contributed by atoms with E-state index in [0.29, 0.717) is 18.4 Å². The molecule has 4 nitrogen and oxygen atoms in total. The van der Waals surface area contributed by atoms with Gasteiger partial charge in [0.05, 0.1) is 6.10 Å². The molecule has 1 heterocycles. The van der Waals surface area contributed by atoms with Gasteiger partial charge in [0.25, 0.3) is 0 Å². The zero-order chi connectivity index (χ0) is 13.4. The van der Waals surface area contributed by atoms with Crippen LogP contribution < -0.4 is 10.6 Å². The highest BCUT2D eigenvalue weighted by Crippen LogP contribution is 2.19. The molecule has 0 saturated carbocycles. The fourth-order valence-corrected chi connectivity index (χ4v) is 2.51. The summed E-state index contributed by atoms with van der Waals surface area (Å²) < 4.78 is 5.14. The number of hydrogen-bond acceptors (Lipinski definition) is 3. The van der Waals surface area contributed by atoms with E-state index >= 15 is 0 Å². The van der Waals surface area contributed by atoms with Crippen molar-refractivity contribution < 1.29 is 9.53 Å². The number of piperidine rings is 1. The standard InChI is InChI=1S/C14H28N2O2/c1-4-12-6-5-9-15-13(12)10-16-14(17)8-7-11(2)18-3/h11-13,15H,4-10H2,1-3H3,(H,16,17). The van der Waals surface area contributed by atoms with Crippen LogP contribution in [0.2, 0.25) is 0 Å². The summed E-state index contributed by atoms with van der Waals surface area (Å²) in [6.07, 6.45) is 5.23. The van der Waals surface area contributed by atoms with Crippen LogP contribution in [-0.4, -0.2) is 38.3 Å². The molecule has 3 atom stereocenters. The lowest BCUT2D eigenvalue weighted by Crippen LogP contribution is -2.48. The van der Waals surface area contributed by atoms with Crippen molar-refractivity contribution in [2.75, 3.05) is 20.2 Å². The van der Waals surface area contributed by atoms with Crippen LogP contribution in [0.5, 0.6) is 0 Å². The predicted octanol–water partition coefficient (Wildman–Crippen LogP) is 1.70. The third-order valence-electron chi connectivity index (χ3n) is 3.95. The molecule has 1 aliphatic rings. The molecule has 0 radical (unpaired) electrons. The van der Waals surface area contributed by atoms with Gasteiger partial charge in [0.1, 0.15) is 0 Å².